The van der Waals surface area contributed by atoms with Gasteiger partial charge in [-0.25, -0.2) is 13.8 Å². The number of carbonyl (C=O) groups is 1. The molecule has 1 saturated heterocycles. The molecule has 1 amide bonds. The Balaban J connectivity index is 2.03. The number of nitrogens with one attached hydrogen (secondary N) is 1. The number of hydrazone groups is 1. The molecule has 1 N–H and O–H groups in total. The molecule has 0 aromatic heterocycles. The summed E-state index contributed by atoms with van der Waals surface area (Å²) < 4.78 is 30.6. The van der Waals surface area contributed by atoms with Crippen LogP contribution >= 0.6 is 0 Å². The lowest BCUT2D eigenvalue weighted by Crippen LogP contribution is -2.39. The van der Waals surface area contributed by atoms with Crippen LogP contribution in [0.4, 0.5) is 5.69 Å². The second-order valence-corrected chi connectivity index (χ2v) is 8.12. The lowest BCUT2D eigenvalue weighted by atomic mass is 10.1. The zero-order valence-corrected chi connectivity index (χ0v) is 16.3. The van der Waals surface area contributed by atoms with Crippen LogP contribution in [0, 0.1) is 0 Å². The first-order valence-electron chi connectivity index (χ1n) is 8.53. The third kappa shape index (κ3) is 5.99. The van der Waals surface area contributed by atoms with Gasteiger partial charge in [-0.05, 0) is 38.2 Å². The molecule has 0 saturated carbocycles. The van der Waals surface area contributed by atoms with Crippen LogP contribution < -0.4 is 14.5 Å². The van der Waals surface area contributed by atoms with Crippen LogP contribution in [-0.4, -0.2) is 64.5 Å². The Morgan fingerprint density at radius 1 is 1.27 bits per heavy atom. The van der Waals surface area contributed by atoms with Crippen molar-refractivity contribution in [3.8, 4) is 5.75 Å². The predicted octanol–water partition coefficient (Wildman–Crippen LogP) is 1.05. The zero-order valence-electron chi connectivity index (χ0n) is 15.4. The number of amides is 1. The van der Waals surface area contributed by atoms with Crippen molar-refractivity contribution in [1.82, 2.24) is 10.3 Å². The Hall–Kier alpha value is -2.13. The maximum absolute atomic E-state index is 12.2. The van der Waals surface area contributed by atoms with E-state index >= 15 is 0 Å². The first kappa shape index (κ1) is 20.2. The molecular formula is C17H26N4O4S. The largest absolute Gasteiger partial charge is 0.494 e. The topological polar surface area (TPSA) is 91.3 Å². The molecule has 8 nitrogen and oxygen atoms in total. The van der Waals surface area contributed by atoms with Gasteiger partial charge in [0.1, 0.15) is 12.3 Å². The highest BCUT2D eigenvalue weighted by Crippen LogP contribution is 2.21. The summed E-state index contributed by atoms with van der Waals surface area (Å²) in [6.07, 6.45) is 2.66. The van der Waals surface area contributed by atoms with E-state index in [1.807, 2.05) is 14.0 Å². The summed E-state index contributed by atoms with van der Waals surface area (Å²) in [7, 11) is -1.57. The summed E-state index contributed by atoms with van der Waals surface area (Å²) in [6.45, 7) is 3.86. The number of carbonyl (C=O) groups excluding carboxylic acids is 1. The van der Waals surface area contributed by atoms with Crippen molar-refractivity contribution in [2.45, 2.75) is 19.8 Å². The molecule has 1 aromatic carbocycles. The minimum Gasteiger partial charge on any atom is -0.494 e. The van der Waals surface area contributed by atoms with E-state index < -0.39 is 15.9 Å². The van der Waals surface area contributed by atoms with E-state index in [-0.39, 0.29) is 6.54 Å². The smallest absolute Gasteiger partial charge is 0.260 e. The van der Waals surface area contributed by atoms with Crippen molar-refractivity contribution in [3.05, 3.63) is 24.3 Å². The van der Waals surface area contributed by atoms with E-state index in [0.717, 1.165) is 42.2 Å². The van der Waals surface area contributed by atoms with Gasteiger partial charge in [0.05, 0.1) is 18.6 Å². The van der Waals surface area contributed by atoms with Crippen molar-refractivity contribution in [1.29, 1.82) is 0 Å². The average molecular weight is 382 g/mol. The third-order valence-corrected chi connectivity index (χ3v) is 5.17. The van der Waals surface area contributed by atoms with Gasteiger partial charge in [-0.3, -0.25) is 9.10 Å². The van der Waals surface area contributed by atoms with Crippen LogP contribution in [-0.2, 0) is 14.8 Å². The van der Waals surface area contributed by atoms with Crippen LogP contribution in [0.25, 0.3) is 0 Å². The van der Waals surface area contributed by atoms with Crippen molar-refractivity contribution in [2.75, 3.05) is 43.8 Å². The number of piperidine rings is 1. The summed E-state index contributed by atoms with van der Waals surface area (Å²) in [5, 5.41) is 4.13. The lowest BCUT2D eigenvalue weighted by Gasteiger charge is -2.23. The standard InChI is InChI=1S/C17H26N4O4S/c1-4-25-16-7-5-15(6-8-16)21(26(3,23)24)13-17(22)19-18-14-9-11-20(2)12-10-14/h5-8H,4,9-13H2,1-3H3,(H,19,22). The van der Waals surface area contributed by atoms with Gasteiger partial charge in [0.25, 0.3) is 5.91 Å². The number of nitrogens with zero attached hydrogens (tertiary/aromatic N) is 3. The van der Waals surface area contributed by atoms with Crippen LogP contribution in [0.15, 0.2) is 29.4 Å². The van der Waals surface area contributed by atoms with Gasteiger partial charge in [-0.2, -0.15) is 5.10 Å². The molecule has 0 radical (unpaired) electrons. The normalized spacial score (nSPS) is 15.4. The second-order valence-electron chi connectivity index (χ2n) is 6.21. The molecule has 0 spiro atoms. The maximum atomic E-state index is 12.2. The number of ether oxygens (including phenoxy) is 1. The van der Waals surface area contributed by atoms with Gasteiger partial charge < -0.3 is 9.64 Å². The number of anilines is 1. The minimum atomic E-state index is -3.61. The molecule has 1 aliphatic heterocycles. The van der Waals surface area contributed by atoms with Crippen molar-refractivity contribution in [2.24, 2.45) is 5.10 Å². The highest BCUT2D eigenvalue weighted by Gasteiger charge is 2.21. The summed E-state index contributed by atoms with van der Waals surface area (Å²) in [5.74, 6) is 0.165. The van der Waals surface area contributed by atoms with E-state index in [1.165, 1.54) is 0 Å². The second kappa shape index (κ2) is 9.00. The monoisotopic (exact) mass is 382 g/mol. The van der Waals surface area contributed by atoms with E-state index in [1.54, 1.807) is 24.3 Å². The van der Waals surface area contributed by atoms with Crippen LogP contribution in [0.2, 0.25) is 0 Å². The van der Waals surface area contributed by atoms with E-state index in [4.69, 9.17) is 4.74 Å². The van der Waals surface area contributed by atoms with Gasteiger partial charge in [-0.1, -0.05) is 0 Å². The number of benzene rings is 1. The Morgan fingerprint density at radius 3 is 2.42 bits per heavy atom. The molecule has 1 heterocycles. The van der Waals surface area contributed by atoms with Gasteiger partial charge in [0.15, 0.2) is 0 Å². The molecule has 0 atom stereocenters. The highest BCUT2D eigenvalue weighted by molar-refractivity contribution is 7.92. The van der Waals surface area contributed by atoms with Gasteiger partial charge in [-0.15, -0.1) is 0 Å². The minimum absolute atomic E-state index is 0.330. The first-order chi connectivity index (χ1) is 12.3. The summed E-state index contributed by atoms with van der Waals surface area (Å²) in [5.41, 5.74) is 3.79. The Labute approximate surface area is 154 Å². The molecular weight excluding hydrogens is 356 g/mol. The first-order valence-corrected chi connectivity index (χ1v) is 10.4. The van der Waals surface area contributed by atoms with E-state index in [9.17, 15) is 13.2 Å². The molecule has 0 unspecified atom stereocenters. The number of hydrogen-bond acceptors (Lipinski definition) is 6. The summed E-state index contributed by atoms with van der Waals surface area (Å²) in [4.78, 5) is 14.4. The predicted molar refractivity (Wildman–Crippen MR) is 102 cm³/mol. The zero-order chi connectivity index (χ0) is 19.2. The molecule has 1 fully saturated rings. The fraction of sp³-hybridized carbons (Fsp3) is 0.529. The molecule has 0 aliphatic carbocycles. The molecule has 9 heteroatoms. The van der Waals surface area contributed by atoms with Crippen molar-refractivity contribution in [3.63, 3.8) is 0 Å². The number of rotatable bonds is 7. The molecule has 2 rings (SSSR count). The van der Waals surface area contributed by atoms with Crippen molar-refractivity contribution >= 4 is 27.3 Å². The maximum Gasteiger partial charge on any atom is 0.260 e. The number of hydrogen-bond donors (Lipinski definition) is 1. The van der Waals surface area contributed by atoms with Crippen LogP contribution in [0.1, 0.15) is 19.8 Å². The van der Waals surface area contributed by atoms with Crippen LogP contribution in [0.3, 0.4) is 0 Å². The fourth-order valence-electron chi connectivity index (χ4n) is 2.57. The van der Waals surface area contributed by atoms with Crippen molar-refractivity contribution < 1.29 is 17.9 Å². The van der Waals surface area contributed by atoms with Gasteiger partial charge in [0.2, 0.25) is 10.0 Å². The highest BCUT2D eigenvalue weighted by atomic mass is 32.2. The molecule has 0 bridgehead atoms. The van der Waals surface area contributed by atoms with Gasteiger partial charge >= 0.3 is 0 Å². The summed E-state index contributed by atoms with van der Waals surface area (Å²) in [6, 6.07) is 6.58. The molecule has 1 aliphatic rings. The molecule has 1 aromatic rings. The van der Waals surface area contributed by atoms with Crippen LogP contribution in [0.5, 0.6) is 5.75 Å². The third-order valence-electron chi connectivity index (χ3n) is 4.03. The van der Waals surface area contributed by atoms with E-state index in [2.05, 4.69) is 15.4 Å². The lowest BCUT2D eigenvalue weighted by molar-refractivity contribution is -0.119. The Bertz CT molecular complexity index is 737. The molecule has 144 valence electrons. The van der Waals surface area contributed by atoms with E-state index in [0.29, 0.717) is 18.0 Å². The molecule has 26 heavy (non-hydrogen) atoms. The number of likely N-dealkylation sites (tertiary alicyclic amines) is 1. The van der Waals surface area contributed by atoms with Gasteiger partial charge in [0, 0.05) is 31.6 Å². The SMILES string of the molecule is CCOc1ccc(N(CC(=O)NN=C2CCN(C)CC2)S(C)(=O)=O)cc1. The Morgan fingerprint density at radius 2 is 1.88 bits per heavy atom. The Kier molecular flexibility index (Phi) is 6.98. The summed E-state index contributed by atoms with van der Waals surface area (Å²) >= 11 is 0. The number of sulfonamides is 1. The quantitative estimate of drug-likeness (QED) is 0.712. The fourth-order valence-corrected chi connectivity index (χ4v) is 3.43. The average Bonchev–Trinajstić information content (AvgIpc) is 2.59.